The van der Waals surface area contributed by atoms with Crippen molar-refractivity contribution in [2.24, 2.45) is 12.8 Å². The summed E-state index contributed by atoms with van der Waals surface area (Å²) in [5, 5.41) is 8.38. The predicted molar refractivity (Wildman–Crippen MR) is 145 cm³/mol. The monoisotopic (exact) mass is 495 g/mol. The molecule has 1 saturated heterocycles. The molecular formula is C30H33N5O2. The lowest BCUT2D eigenvalue weighted by Gasteiger charge is -2.27. The number of rotatable bonds is 8. The normalized spacial score (nSPS) is 18.2. The van der Waals surface area contributed by atoms with Crippen LogP contribution in [0.2, 0.25) is 0 Å². The number of carbonyl (C=O) groups is 2. The van der Waals surface area contributed by atoms with Gasteiger partial charge in [-0.1, -0.05) is 66.7 Å². The molecule has 37 heavy (non-hydrogen) atoms. The maximum absolute atomic E-state index is 13.5. The molecule has 0 spiro atoms. The van der Waals surface area contributed by atoms with E-state index in [1.807, 2.05) is 84.7 Å². The fourth-order valence-corrected chi connectivity index (χ4v) is 5.23. The highest BCUT2D eigenvalue weighted by molar-refractivity contribution is 5.90. The van der Waals surface area contributed by atoms with Crippen LogP contribution in [0.15, 0.2) is 85.1 Å². The highest BCUT2D eigenvalue weighted by atomic mass is 16.2. The van der Waals surface area contributed by atoms with Crippen LogP contribution in [-0.2, 0) is 29.6 Å². The van der Waals surface area contributed by atoms with Gasteiger partial charge in [0.25, 0.3) is 0 Å². The molecule has 4 aromatic rings. The lowest BCUT2D eigenvalue weighted by molar-refractivity contribution is -0.139. The minimum atomic E-state index is -0.655. The van der Waals surface area contributed by atoms with Crippen LogP contribution < -0.4 is 11.1 Å². The summed E-state index contributed by atoms with van der Waals surface area (Å²) in [7, 11) is 1.91. The third kappa shape index (κ3) is 5.57. The molecule has 1 aliphatic rings. The van der Waals surface area contributed by atoms with E-state index in [4.69, 9.17) is 5.73 Å². The van der Waals surface area contributed by atoms with Crippen molar-refractivity contribution in [2.75, 3.05) is 6.54 Å². The van der Waals surface area contributed by atoms with Crippen LogP contribution in [0.25, 0.3) is 10.9 Å². The van der Waals surface area contributed by atoms with Crippen molar-refractivity contribution in [2.45, 2.75) is 43.8 Å². The molecule has 0 saturated carbocycles. The van der Waals surface area contributed by atoms with E-state index in [-0.39, 0.29) is 17.7 Å². The standard InChI is InChI=1S/C30H33N5O2/c1-34-27-15-13-22(16-24(27)19-33-34)18-32-29(36)28-17-25(23-10-6-3-7-11-23)20-35(28)30(37)26(31)14-12-21-8-4-2-5-9-21/h2-11,13,15-16,19,25-26,28H,12,14,17-18,20,31H2,1H3,(H,32,36)/t25-,26-,28+/m1/s1. The summed E-state index contributed by atoms with van der Waals surface area (Å²) in [5.74, 6) is -0.214. The average Bonchev–Trinajstić information content (AvgIpc) is 3.55. The number of likely N-dealkylation sites (tertiary alicyclic amines) is 1. The summed E-state index contributed by atoms with van der Waals surface area (Å²) >= 11 is 0. The molecule has 3 atom stereocenters. The molecule has 1 aromatic heterocycles. The SMILES string of the molecule is Cn1ncc2cc(CNC(=O)[C@@H]3C[C@@H](c4ccccc4)CN3C(=O)[C@H](N)CCc3ccccc3)ccc21. The Balaban J connectivity index is 1.28. The number of aromatic nitrogens is 2. The van der Waals surface area contributed by atoms with Gasteiger partial charge in [-0.05, 0) is 48.1 Å². The lowest BCUT2D eigenvalue weighted by Crippen LogP contribution is -2.51. The van der Waals surface area contributed by atoms with Gasteiger partial charge in [0.15, 0.2) is 0 Å². The van der Waals surface area contributed by atoms with Gasteiger partial charge >= 0.3 is 0 Å². The Labute approximate surface area is 217 Å². The smallest absolute Gasteiger partial charge is 0.243 e. The van der Waals surface area contributed by atoms with Gasteiger partial charge in [0.2, 0.25) is 11.8 Å². The second kappa shape index (κ2) is 11.0. The van der Waals surface area contributed by atoms with Crippen LogP contribution in [0.4, 0.5) is 0 Å². The number of nitrogens with zero attached hydrogens (tertiary/aromatic N) is 3. The van der Waals surface area contributed by atoms with Gasteiger partial charge in [-0.15, -0.1) is 0 Å². The molecule has 0 aliphatic carbocycles. The first-order valence-electron chi connectivity index (χ1n) is 12.8. The van der Waals surface area contributed by atoms with Crippen molar-refractivity contribution in [3.63, 3.8) is 0 Å². The summed E-state index contributed by atoms with van der Waals surface area (Å²) in [6, 6.07) is 24.9. The van der Waals surface area contributed by atoms with E-state index >= 15 is 0 Å². The second-order valence-electron chi connectivity index (χ2n) is 9.86. The Morgan fingerprint density at radius 2 is 1.76 bits per heavy atom. The first kappa shape index (κ1) is 24.7. The fraction of sp³-hybridized carbons (Fsp3) is 0.300. The molecule has 7 nitrogen and oxygen atoms in total. The highest BCUT2D eigenvalue weighted by Gasteiger charge is 2.41. The Morgan fingerprint density at radius 1 is 1.03 bits per heavy atom. The van der Waals surface area contributed by atoms with Gasteiger partial charge in [-0.25, -0.2) is 0 Å². The molecule has 7 heteroatoms. The van der Waals surface area contributed by atoms with Crippen molar-refractivity contribution < 1.29 is 9.59 Å². The zero-order valence-corrected chi connectivity index (χ0v) is 21.1. The Kier molecular flexibility index (Phi) is 7.32. The fourth-order valence-electron chi connectivity index (χ4n) is 5.23. The molecule has 2 heterocycles. The summed E-state index contributed by atoms with van der Waals surface area (Å²) in [4.78, 5) is 28.6. The van der Waals surface area contributed by atoms with Gasteiger partial charge < -0.3 is 16.0 Å². The first-order valence-corrected chi connectivity index (χ1v) is 12.8. The number of hydrogen-bond donors (Lipinski definition) is 2. The number of carbonyl (C=O) groups excluding carboxylic acids is 2. The molecular weight excluding hydrogens is 462 g/mol. The third-order valence-corrected chi connectivity index (χ3v) is 7.34. The molecule has 0 bridgehead atoms. The molecule has 0 radical (unpaired) electrons. The van der Waals surface area contributed by atoms with Crippen LogP contribution in [-0.4, -0.2) is 45.1 Å². The van der Waals surface area contributed by atoms with Gasteiger partial charge in [0.05, 0.1) is 17.8 Å². The number of nitrogens with one attached hydrogen (secondary N) is 1. The van der Waals surface area contributed by atoms with Crippen molar-refractivity contribution in [1.29, 1.82) is 0 Å². The molecule has 3 N–H and O–H groups in total. The van der Waals surface area contributed by atoms with Gasteiger partial charge in [0, 0.05) is 31.4 Å². The Hall–Kier alpha value is -3.97. The maximum Gasteiger partial charge on any atom is 0.243 e. The number of amides is 2. The van der Waals surface area contributed by atoms with E-state index < -0.39 is 12.1 Å². The molecule has 0 unspecified atom stereocenters. The average molecular weight is 496 g/mol. The number of aryl methyl sites for hydroxylation is 2. The minimum absolute atomic E-state index is 0.0916. The minimum Gasteiger partial charge on any atom is -0.350 e. The summed E-state index contributed by atoms with van der Waals surface area (Å²) in [5.41, 5.74) is 10.7. The Morgan fingerprint density at radius 3 is 2.51 bits per heavy atom. The van der Waals surface area contributed by atoms with Crippen molar-refractivity contribution in [3.8, 4) is 0 Å². The summed E-state index contributed by atoms with van der Waals surface area (Å²) in [6.45, 7) is 0.875. The van der Waals surface area contributed by atoms with Gasteiger partial charge in [-0.2, -0.15) is 5.10 Å². The molecule has 2 amide bonds. The quantitative estimate of drug-likeness (QED) is 0.391. The number of benzene rings is 3. The summed E-state index contributed by atoms with van der Waals surface area (Å²) in [6.07, 6.45) is 3.65. The number of nitrogens with two attached hydrogens (primary N) is 1. The first-order chi connectivity index (χ1) is 18.0. The topological polar surface area (TPSA) is 93.2 Å². The Bertz CT molecular complexity index is 1370. The zero-order chi connectivity index (χ0) is 25.8. The molecule has 5 rings (SSSR count). The van der Waals surface area contributed by atoms with Crippen molar-refractivity contribution >= 4 is 22.7 Å². The van der Waals surface area contributed by atoms with Gasteiger partial charge in [-0.3, -0.25) is 14.3 Å². The molecule has 1 fully saturated rings. The van der Waals surface area contributed by atoms with Crippen LogP contribution >= 0.6 is 0 Å². The zero-order valence-electron chi connectivity index (χ0n) is 21.1. The predicted octanol–water partition coefficient (Wildman–Crippen LogP) is 3.53. The van der Waals surface area contributed by atoms with E-state index in [0.717, 1.165) is 34.0 Å². The number of fused-ring (bicyclic) bond motifs is 1. The van der Waals surface area contributed by atoms with Crippen molar-refractivity contribution in [3.05, 3.63) is 102 Å². The van der Waals surface area contributed by atoms with E-state index in [2.05, 4.69) is 22.5 Å². The van der Waals surface area contributed by atoms with E-state index in [0.29, 0.717) is 25.9 Å². The van der Waals surface area contributed by atoms with Crippen LogP contribution in [0, 0.1) is 0 Å². The van der Waals surface area contributed by atoms with Crippen LogP contribution in [0.3, 0.4) is 0 Å². The lowest BCUT2D eigenvalue weighted by atomic mass is 9.96. The van der Waals surface area contributed by atoms with Gasteiger partial charge in [0.1, 0.15) is 6.04 Å². The van der Waals surface area contributed by atoms with Crippen molar-refractivity contribution in [1.82, 2.24) is 20.0 Å². The summed E-state index contributed by atoms with van der Waals surface area (Å²) < 4.78 is 1.82. The molecule has 1 aliphatic heterocycles. The van der Waals surface area contributed by atoms with Crippen LogP contribution in [0.1, 0.15) is 35.4 Å². The largest absolute Gasteiger partial charge is 0.350 e. The molecule has 3 aromatic carbocycles. The maximum atomic E-state index is 13.5. The second-order valence-corrected chi connectivity index (χ2v) is 9.86. The molecule has 190 valence electrons. The highest BCUT2D eigenvalue weighted by Crippen LogP contribution is 2.32. The van der Waals surface area contributed by atoms with E-state index in [9.17, 15) is 9.59 Å². The van der Waals surface area contributed by atoms with E-state index in [1.165, 1.54) is 0 Å². The van der Waals surface area contributed by atoms with Crippen LogP contribution in [0.5, 0.6) is 0 Å². The number of hydrogen-bond acceptors (Lipinski definition) is 4. The van der Waals surface area contributed by atoms with E-state index in [1.54, 1.807) is 4.90 Å². The third-order valence-electron chi connectivity index (χ3n) is 7.34.